The number of nitrogens with two attached hydrogens (primary N) is 2. The summed E-state index contributed by atoms with van der Waals surface area (Å²) in [5.41, 5.74) is 12.9. The van der Waals surface area contributed by atoms with Crippen LogP contribution in [0.5, 0.6) is 0 Å². The summed E-state index contributed by atoms with van der Waals surface area (Å²) in [6, 6.07) is 7.00. The summed E-state index contributed by atoms with van der Waals surface area (Å²) in [5, 5.41) is 2.78. The predicted molar refractivity (Wildman–Crippen MR) is 86.1 cm³/mol. The van der Waals surface area contributed by atoms with Crippen LogP contribution in [0.1, 0.15) is 50.3 Å². The number of nitrogens with one attached hydrogen (secondary N) is 1. The first-order valence-electron chi connectivity index (χ1n) is 6.75. The van der Waals surface area contributed by atoms with Gasteiger partial charge in [-0.15, -0.1) is 12.4 Å². The molecule has 1 aromatic carbocycles. The lowest BCUT2D eigenvalue weighted by atomic mass is 9.99. The highest BCUT2D eigenvalue weighted by atomic mass is 35.5. The summed E-state index contributed by atoms with van der Waals surface area (Å²) in [4.78, 5) is 22.5. The van der Waals surface area contributed by atoms with Gasteiger partial charge in [-0.05, 0) is 24.0 Å². The van der Waals surface area contributed by atoms with E-state index in [9.17, 15) is 9.59 Å². The van der Waals surface area contributed by atoms with Gasteiger partial charge in [0.25, 0.3) is 0 Å². The van der Waals surface area contributed by atoms with Crippen LogP contribution in [0, 0.1) is 0 Å². The van der Waals surface area contributed by atoms with Crippen molar-refractivity contribution in [2.75, 3.05) is 0 Å². The highest BCUT2D eigenvalue weighted by Gasteiger charge is 2.18. The molecule has 0 aliphatic carbocycles. The van der Waals surface area contributed by atoms with Gasteiger partial charge >= 0.3 is 0 Å². The minimum atomic E-state index is -0.898. The average molecular weight is 314 g/mol. The third-order valence-electron chi connectivity index (χ3n) is 3.22. The van der Waals surface area contributed by atoms with Gasteiger partial charge in [0.15, 0.2) is 0 Å². The summed E-state index contributed by atoms with van der Waals surface area (Å²) in [5.74, 6) is -0.483. The van der Waals surface area contributed by atoms with Gasteiger partial charge < -0.3 is 16.8 Å². The molecular weight excluding hydrogens is 290 g/mol. The Balaban J connectivity index is 0.00000400. The largest absolute Gasteiger partial charge is 0.370 e. The zero-order valence-electron chi connectivity index (χ0n) is 12.6. The number of hydrogen-bond donors (Lipinski definition) is 3. The van der Waals surface area contributed by atoms with Gasteiger partial charge in [0.1, 0.15) is 0 Å². The molecule has 0 spiro atoms. The summed E-state index contributed by atoms with van der Waals surface area (Å²) in [6.45, 7) is 6.13. The molecule has 5 nitrogen and oxygen atoms in total. The number of hydrogen-bond acceptors (Lipinski definition) is 3. The normalized spacial score (nSPS) is 13.2. The average Bonchev–Trinajstić information content (AvgIpc) is 2.37. The second-order valence-electron chi connectivity index (χ2n) is 5.33. The highest BCUT2D eigenvalue weighted by Crippen LogP contribution is 2.18. The second kappa shape index (κ2) is 8.64. The smallest absolute Gasteiger partial charge is 0.237 e. The Labute approximate surface area is 131 Å². The molecule has 0 radical (unpaired) electrons. The van der Waals surface area contributed by atoms with E-state index in [1.807, 2.05) is 31.2 Å². The van der Waals surface area contributed by atoms with Gasteiger partial charge in [0, 0.05) is 0 Å². The van der Waals surface area contributed by atoms with Crippen LogP contribution >= 0.6 is 12.4 Å². The maximum Gasteiger partial charge on any atom is 0.237 e. The summed E-state index contributed by atoms with van der Waals surface area (Å²) < 4.78 is 0. The molecule has 0 saturated heterocycles. The Kier molecular flexibility index (Phi) is 7.99. The van der Waals surface area contributed by atoms with Gasteiger partial charge in [-0.1, -0.05) is 38.1 Å². The van der Waals surface area contributed by atoms with Crippen LogP contribution in [0.3, 0.4) is 0 Å². The molecule has 0 fully saturated rings. The van der Waals surface area contributed by atoms with Crippen LogP contribution in [0.15, 0.2) is 24.3 Å². The number of carbonyl (C=O) groups is 2. The molecule has 2 amide bonds. The van der Waals surface area contributed by atoms with Gasteiger partial charge in [-0.2, -0.15) is 0 Å². The van der Waals surface area contributed by atoms with Crippen molar-refractivity contribution >= 4 is 24.2 Å². The molecule has 0 saturated carbocycles. The number of benzene rings is 1. The molecule has 6 heteroatoms. The highest BCUT2D eigenvalue weighted by molar-refractivity contribution is 5.87. The van der Waals surface area contributed by atoms with Gasteiger partial charge in [0.2, 0.25) is 11.8 Å². The fourth-order valence-corrected chi connectivity index (χ4v) is 1.88. The Morgan fingerprint density at radius 1 is 1.10 bits per heavy atom. The van der Waals surface area contributed by atoms with Gasteiger partial charge in [0.05, 0.1) is 18.5 Å². The second-order valence-corrected chi connectivity index (χ2v) is 5.33. The molecule has 2 atom stereocenters. The Hall–Kier alpha value is -1.59. The van der Waals surface area contributed by atoms with Crippen molar-refractivity contribution in [3.63, 3.8) is 0 Å². The molecule has 1 aromatic rings. The van der Waals surface area contributed by atoms with E-state index in [1.54, 1.807) is 0 Å². The van der Waals surface area contributed by atoms with Crippen molar-refractivity contribution in [3.05, 3.63) is 35.4 Å². The van der Waals surface area contributed by atoms with E-state index in [-0.39, 0.29) is 30.8 Å². The summed E-state index contributed by atoms with van der Waals surface area (Å²) in [6.07, 6.45) is -0.148. The maximum absolute atomic E-state index is 11.8. The SMILES string of the molecule is CC(C)c1ccc(C(C)NC(=O)C(N)CC(N)=O)cc1.Cl. The van der Waals surface area contributed by atoms with E-state index in [4.69, 9.17) is 11.5 Å². The van der Waals surface area contributed by atoms with E-state index in [0.717, 1.165) is 5.56 Å². The topological polar surface area (TPSA) is 98.2 Å². The predicted octanol–water partition coefficient (Wildman–Crippen LogP) is 1.61. The molecule has 1 rings (SSSR count). The fraction of sp³-hybridized carbons (Fsp3) is 0.467. The molecule has 118 valence electrons. The first-order chi connectivity index (χ1) is 9.31. The first-order valence-corrected chi connectivity index (χ1v) is 6.75. The number of carbonyl (C=O) groups excluding carboxylic acids is 2. The van der Waals surface area contributed by atoms with Crippen molar-refractivity contribution in [1.29, 1.82) is 0 Å². The standard InChI is InChI=1S/C15H23N3O2.ClH/c1-9(2)11-4-6-12(7-5-11)10(3)18-15(20)13(16)8-14(17)19;/h4-7,9-10,13H,8,16H2,1-3H3,(H2,17,19)(H,18,20);1H. The minimum Gasteiger partial charge on any atom is -0.370 e. The van der Waals surface area contributed by atoms with E-state index in [0.29, 0.717) is 5.92 Å². The van der Waals surface area contributed by atoms with Gasteiger partial charge in [-0.3, -0.25) is 9.59 Å². The van der Waals surface area contributed by atoms with Crippen LogP contribution in [0.2, 0.25) is 0 Å². The Morgan fingerprint density at radius 2 is 1.57 bits per heavy atom. The molecule has 2 unspecified atom stereocenters. The quantitative estimate of drug-likeness (QED) is 0.744. The third kappa shape index (κ3) is 6.14. The van der Waals surface area contributed by atoms with Crippen LogP contribution in [0.4, 0.5) is 0 Å². The summed E-state index contributed by atoms with van der Waals surface area (Å²) >= 11 is 0. The molecular formula is C15H24ClN3O2. The van der Waals surface area contributed by atoms with E-state index >= 15 is 0 Å². The monoisotopic (exact) mass is 313 g/mol. The summed E-state index contributed by atoms with van der Waals surface area (Å²) in [7, 11) is 0. The van der Waals surface area contributed by atoms with Crippen LogP contribution in [0.25, 0.3) is 0 Å². The van der Waals surface area contributed by atoms with Crippen molar-refractivity contribution < 1.29 is 9.59 Å². The maximum atomic E-state index is 11.8. The van der Waals surface area contributed by atoms with Crippen LogP contribution in [-0.2, 0) is 9.59 Å². The molecule has 0 aliphatic rings. The van der Waals surface area contributed by atoms with E-state index in [2.05, 4.69) is 19.2 Å². The zero-order chi connectivity index (χ0) is 15.3. The molecule has 0 bridgehead atoms. The molecule has 0 heterocycles. The zero-order valence-corrected chi connectivity index (χ0v) is 13.4. The van der Waals surface area contributed by atoms with Crippen molar-refractivity contribution in [3.8, 4) is 0 Å². The van der Waals surface area contributed by atoms with E-state index < -0.39 is 11.9 Å². The Bertz CT molecular complexity index is 474. The van der Waals surface area contributed by atoms with Crippen LogP contribution in [-0.4, -0.2) is 17.9 Å². The lowest BCUT2D eigenvalue weighted by molar-refractivity contribution is -0.126. The molecule has 0 aromatic heterocycles. The lowest BCUT2D eigenvalue weighted by Gasteiger charge is -2.18. The number of amides is 2. The Morgan fingerprint density at radius 3 is 2.00 bits per heavy atom. The van der Waals surface area contributed by atoms with E-state index in [1.165, 1.54) is 5.56 Å². The first kappa shape index (κ1) is 19.4. The third-order valence-corrected chi connectivity index (χ3v) is 3.22. The fourth-order valence-electron chi connectivity index (χ4n) is 1.88. The molecule has 21 heavy (non-hydrogen) atoms. The minimum absolute atomic E-state index is 0. The lowest BCUT2D eigenvalue weighted by Crippen LogP contribution is -2.43. The molecule has 5 N–H and O–H groups in total. The van der Waals surface area contributed by atoms with Crippen molar-refractivity contribution in [2.24, 2.45) is 11.5 Å². The number of halogens is 1. The van der Waals surface area contributed by atoms with Crippen molar-refractivity contribution in [2.45, 2.75) is 45.2 Å². The number of rotatable bonds is 6. The van der Waals surface area contributed by atoms with Crippen LogP contribution < -0.4 is 16.8 Å². The van der Waals surface area contributed by atoms with Crippen molar-refractivity contribution in [1.82, 2.24) is 5.32 Å². The van der Waals surface area contributed by atoms with Gasteiger partial charge in [-0.25, -0.2) is 0 Å². The molecule has 0 aliphatic heterocycles. The number of primary amides is 1.